The molecule has 0 radical (unpaired) electrons. The maximum absolute atomic E-state index is 9.82. The lowest BCUT2D eigenvalue weighted by Crippen LogP contribution is -1.95. The molecular weight excluding hydrogens is 207 g/mol. The number of hydrogen-bond donors (Lipinski definition) is 0. The second kappa shape index (κ2) is 8.49. The van der Waals surface area contributed by atoms with Crippen LogP contribution in [0.15, 0.2) is 0 Å². The summed E-state index contributed by atoms with van der Waals surface area (Å²) in [5, 5.41) is -2.28. The van der Waals surface area contributed by atoms with Crippen molar-refractivity contribution in [3.8, 4) is 0 Å². The van der Waals surface area contributed by atoms with E-state index in [9.17, 15) is 14.4 Å². The number of carbonyl (C=O) groups is 3. The number of ether oxygens (including phenoxy) is 1. The second-order valence-electron chi connectivity index (χ2n) is 1.47. The minimum atomic E-state index is -1.14. The SMILES string of the molecule is CCOC(C)=O.O=C(Cl)C(=O)Cl. The van der Waals surface area contributed by atoms with Crippen molar-refractivity contribution in [3.05, 3.63) is 0 Å². The molecule has 0 aromatic heterocycles. The van der Waals surface area contributed by atoms with Gasteiger partial charge in [0, 0.05) is 6.92 Å². The summed E-state index contributed by atoms with van der Waals surface area (Å²) in [6.07, 6.45) is 0. The largest absolute Gasteiger partial charge is 0.466 e. The highest BCUT2D eigenvalue weighted by Gasteiger charge is 2.01. The van der Waals surface area contributed by atoms with Gasteiger partial charge in [-0.25, -0.2) is 0 Å². The van der Waals surface area contributed by atoms with Crippen molar-refractivity contribution < 1.29 is 19.1 Å². The van der Waals surface area contributed by atoms with Crippen LogP contribution in [0.3, 0.4) is 0 Å². The van der Waals surface area contributed by atoms with Crippen LogP contribution in [-0.4, -0.2) is 23.1 Å². The van der Waals surface area contributed by atoms with Gasteiger partial charge in [0.2, 0.25) is 0 Å². The standard InChI is InChI=1S/C4H8O2.C2Cl2O2/c1-3-6-4(2)5;3-1(5)2(4)6/h3H2,1-2H3;. The quantitative estimate of drug-likeness (QED) is 0.393. The van der Waals surface area contributed by atoms with Crippen molar-refractivity contribution in [1.82, 2.24) is 0 Å². The predicted molar refractivity (Wildman–Crippen MR) is 44.0 cm³/mol. The van der Waals surface area contributed by atoms with E-state index in [1.54, 1.807) is 6.92 Å². The summed E-state index contributed by atoms with van der Waals surface area (Å²) in [4.78, 5) is 28.7. The summed E-state index contributed by atoms with van der Waals surface area (Å²) in [7, 11) is 0. The molecular formula is C6H8Cl2O4. The third-order valence-electron chi connectivity index (χ3n) is 0.502. The summed E-state index contributed by atoms with van der Waals surface area (Å²) in [5.41, 5.74) is 0. The van der Waals surface area contributed by atoms with Crippen LogP contribution in [0.4, 0.5) is 0 Å². The van der Waals surface area contributed by atoms with Gasteiger partial charge in [0.1, 0.15) is 0 Å². The van der Waals surface area contributed by atoms with Crippen LogP contribution >= 0.6 is 23.2 Å². The topological polar surface area (TPSA) is 60.4 Å². The van der Waals surface area contributed by atoms with Crippen LogP contribution in [0.25, 0.3) is 0 Å². The molecule has 6 heteroatoms. The Balaban J connectivity index is 0. The van der Waals surface area contributed by atoms with E-state index in [0.717, 1.165) is 0 Å². The molecule has 0 aliphatic carbocycles. The minimum absolute atomic E-state index is 0.211. The van der Waals surface area contributed by atoms with Gasteiger partial charge in [-0.15, -0.1) is 0 Å². The number of halogens is 2. The van der Waals surface area contributed by atoms with Gasteiger partial charge < -0.3 is 4.74 Å². The van der Waals surface area contributed by atoms with Gasteiger partial charge in [0.05, 0.1) is 6.61 Å². The molecule has 0 heterocycles. The van der Waals surface area contributed by atoms with E-state index in [1.165, 1.54) is 6.92 Å². The molecule has 0 bridgehead atoms. The molecule has 0 rings (SSSR count). The molecule has 0 N–H and O–H groups in total. The van der Waals surface area contributed by atoms with Gasteiger partial charge in [-0.1, -0.05) is 0 Å². The highest BCUT2D eigenvalue weighted by atomic mass is 35.5. The first-order valence-electron chi connectivity index (χ1n) is 2.94. The molecule has 4 nitrogen and oxygen atoms in total. The van der Waals surface area contributed by atoms with Crippen molar-refractivity contribution in [3.63, 3.8) is 0 Å². The molecule has 70 valence electrons. The van der Waals surface area contributed by atoms with E-state index < -0.39 is 10.5 Å². The Morgan fingerprint density at radius 2 is 1.50 bits per heavy atom. The highest BCUT2D eigenvalue weighted by Crippen LogP contribution is 1.84. The number of esters is 1. The Morgan fingerprint density at radius 3 is 1.50 bits per heavy atom. The highest BCUT2D eigenvalue weighted by molar-refractivity contribution is 6.97. The molecule has 12 heavy (non-hydrogen) atoms. The Labute approximate surface area is 79.8 Å². The lowest BCUT2D eigenvalue weighted by atomic mass is 10.8. The van der Waals surface area contributed by atoms with E-state index in [1.807, 2.05) is 0 Å². The van der Waals surface area contributed by atoms with E-state index in [0.29, 0.717) is 6.61 Å². The van der Waals surface area contributed by atoms with Crippen LogP contribution in [0.1, 0.15) is 13.8 Å². The van der Waals surface area contributed by atoms with Crippen LogP contribution in [0, 0.1) is 0 Å². The van der Waals surface area contributed by atoms with E-state index in [2.05, 4.69) is 27.9 Å². The molecule has 0 unspecified atom stereocenters. The first-order chi connectivity index (χ1) is 5.41. The smallest absolute Gasteiger partial charge is 0.304 e. The van der Waals surface area contributed by atoms with Gasteiger partial charge in [-0.2, -0.15) is 0 Å². The maximum atomic E-state index is 9.82. The van der Waals surface area contributed by atoms with Crippen molar-refractivity contribution in [2.45, 2.75) is 13.8 Å². The lowest BCUT2D eigenvalue weighted by molar-refractivity contribution is -0.140. The maximum Gasteiger partial charge on any atom is 0.304 e. The Kier molecular flexibility index (Phi) is 9.86. The fourth-order valence-corrected chi connectivity index (χ4v) is 0.203. The zero-order valence-electron chi connectivity index (χ0n) is 6.60. The summed E-state index contributed by atoms with van der Waals surface area (Å²) in [6.45, 7) is 3.65. The summed E-state index contributed by atoms with van der Waals surface area (Å²) >= 11 is 8.98. The van der Waals surface area contributed by atoms with Crippen molar-refractivity contribution >= 4 is 39.7 Å². The molecule has 0 aliphatic heterocycles. The number of rotatable bonds is 2. The van der Waals surface area contributed by atoms with Gasteiger partial charge in [0.25, 0.3) is 0 Å². The first kappa shape index (κ1) is 13.9. The minimum Gasteiger partial charge on any atom is -0.466 e. The molecule has 0 aliphatic rings. The molecule has 0 amide bonds. The van der Waals surface area contributed by atoms with Gasteiger partial charge in [-0.3, -0.25) is 14.4 Å². The van der Waals surface area contributed by atoms with Crippen LogP contribution < -0.4 is 0 Å². The molecule has 0 atom stereocenters. The van der Waals surface area contributed by atoms with Crippen molar-refractivity contribution in [1.29, 1.82) is 0 Å². The van der Waals surface area contributed by atoms with Crippen LogP contribution in [0.2, 0.25) is 0 Å². The second-order valence-corrected chi connectivity index (χ2v) is 2.16. The molecule has 0 aromatic rings. The fourth-order valence-electron chi connectivity index (χ4n) is 0.203. The number of carbonyl (C=O) groups excluding carboxylic acids is 3. The first-order valence-corrected chi connectivity index (χ1v) is 3.70. The zero-order valence-corrected chi connectivity index (χ0v) is 8.11. The molecule has 0 saturated heterocycles. The normalized spacial score (nSPS) is 7.67. The summed E-state index contributed by atoms with van der Waals surface area (Å²) < 4.78 is 4.40. The molecule has 0 fully saturated rings. The van der Waals surface area contributed by atoms with Crippen molar-refractivity contribution in [2.24, 2.45) is 0 Å². The Morgan fingerprint density at radius 1 is 1.17 bits per heavy atom. The lowest BCUT2D eigenvalue weighted by Gasteiger charge is -1.89. The van der Waals surface area contributed by atoms with Gasteiger partial charge >= 0.3 is 16.5 Å². The molecule has 0 saturated carbocycles. The van der Waals surface area contributed by atoms with Crippen LogP contribution in [0.5, 0.6) is 0 Å². The Hall–Kier alpha value is -0.610. The third kappa shape index (κ3) is 16.2. The van der Waals surface area contributed by atoms with Crippen LogP contribution in [-0.2, 0) is 19.1 Å². The third-order valence-corrected chi connectivity index (χ3v) is 0.942. The predicted octanol–water partition coefficient (Wildman–Crippen LogP) is 1.09. The van der Waals surface area contributed by atoms with Gasteiger partial charge in [0.15, 0.2) is 0 Å². The van der Waals surface area contributed by atoms with E-state index in [4.69, 9.17) is 0 Å². The fraction of sp³-hybridized carbons (Fsp3) is 0.500. The average Bonchev–Trinajstić information content (AvgIpc) is 1.87. The zero-order chi connectivity index (χ0) is 10.1. The van der Waals surface area contributed by atoms with Crippen molar-refractivity contribution in [2.75, 3.05) is 6.61 Å². The van der Waals surface area contributed by atoms with E-state index in [-0.39, 0.29) is 5.97 Å². The molecule has 0 spiro atoms. The molecule has 0 aromatic carbocycles. The van der Waals surface area contributed by atoms with E-state index >= 15 is 0 Å². The average molecular weight is 215 g/mol. The van der Waals surface area contributed by atoms with Gasteiger partial charge in [-0.05, 0) is 30.1 Å². The monoisotopic (exact) mass is 214 g/mol. The summed E-state index contributed by atoms with van der Waals surface area (Å²) in [6, 6.07) is 0. The summed E-state index contributed by atoms with van der Waals surface area (Å²) in [5.74, 6) is -0.211. The number of hydrogen-bond acceptors (Lipinski definition) is 4. The Bertz CT molecular complexity index is 166.